The predicted molar refractivity (Wildman–Crippen MR) is 87.9 cm³/mol. The molecule has 0 spiro atoms. The van der Waals surface area contributed by atoms with Crippen molar-refractivity contribution in [1.82, 2.24) is 0 Å². The molecule has 118 valence electrons. The zero-order valence-electron chi connectivity index (χ0n) is 13.8. The number of carbonyl (C=O) groups is 2. The first-order valence-electron chi connectivity index (χ1n) is 6.80. The number of esters is 1. The van der Waals surface area contributed by atoms with Gasteiger partial charge in [0.25, 0.3) is 0 Å². The molecule has 5 heteroatoms. The van der Waals surface area contributed by atoms with Crippen molar-refractivity contribution in [3.63, 3.8) is 0 Å². The van der Waals surface area contributed by atoms with Crippen LogP contribution in [0.1, 0.15) is 34.6 Å². The zero-order chi connectivity index (χ0) is 16.7. The summed E-state index contributed by atoms with van der Waals surface area (Å²) in [5.74, 6) is -1.28. The molecular weight excluding hydrogens is 317 g/mol. The second kappa shape index (κ2) is 16.0. The zero-order valence-corrected chi connectivity index (χ0v) is 16.2. The van der Waals surface area contributed by atoms with Gasteiger partial charge >= 0.3 is 62.8 Å². The number of carboxylic acid groups (broad SMARTS) is 1. The van der Waals surface area contributed by atoms with Crippen LogP contribution < -0.4 is 0 Å². The Labute approximate surface area is 128 Å². The van der Waals surface area contributed by atoms with Crippen LogP contribution in [-0.4, -0.2) is 38.5 Å². The van der Waals surface area contributed by atoms with Crippen LogP contribution in [0.4, 0.5) is 0 Å². The van der Waals surface area contributed by atoms with Gasteiger partial charge in [0.2, 0.25) is 0 Å². The van der Waals surface area contributed by atoms with E-state index in [-0.39, 0.29) is 11.5 Å². The van der Waals surface area contributed by atoms with Crippen LogP contribution in [-0.2, 0) is 14.3 Å². The van der Waals surface area contributed by atoms with E-state index in [0.29, 0.717) is 5.57 Å². The second-order valence-electron chi connectivity index (χ2n) is 4.45. The molecule has 0 radical (unpaired) electrons. The molecule has 1 N–H and O–H groups in total. The van der Waals surface area contributed by atoms with Crippen LogP contribution in [0.15, 0.2) is 24.3 Å². The van der Waals surface area contributed by atoms with Gasteiger partial charge in [-0.05, 0) is 13.8 Å². The summed E-state index contributed by atoms with van der Waals surface area (Å²) in [7, 11) is 1.33. The third-order valence-corrected chi connectivity index (χ3v) is 9.90. The maximum atomic E-state index is 10.2. The Hall–Kier alpha value is -1.04. The Kier molecular flexibility index (Phi) is 19.2. The number of methoxy groups -OCH3 is 1. The van der Waals surface area contributed by atoms with Crippen LogP contribution in [0, 0.1) is 0 Å². The first kappa shape index (κ1) is 24.0. The van der Waals surface area contributed by atoms with Crippen molar-refractivity contribution < 1.29 is 19.4 Å². The van der Waals surface area contributed by atoms with Crippen LogP contribution in [0.5, 0.6) is 0 Å². The number of hydrogen-bond acceptors (Lipinski definition) is 3. The summed E-state index contributed by atoms with van der Waals surface area (Å²) < 4.78 is 4.27. The van der Waals surface area contributed by atoms with E-state index in [1.54, 1.807) is 22.7 Å². The molecule has 0 aliphatic rings. The SMILES string of the molecule is C=C(C)C(=O)O.C=C(C)C(=O)OC.C[CH2][GeH]([CH2]C)[CH2]C. The van der Waals surface area contributed by atoms with E-state index in [1.807, 2.05) is 0 Å². The Bertz CT molecular complexity index is 289. The molecule has 0 aliphatic carbocycles. The Morgan fingerprint density at radius 1 is 1.00 bits per heavy atom. The molecule has 0 atom stereocenters. The van der Waals surface area contributed by atoms with Crippen molar-refractivity contribution in [1.29, 1.82) is 0 Å². The van der Waals surface area contributed by atoms with Crippen molar-refractivity contribution in [2.24, 2.45) is 0 Å². The van der Waals surface area contributed by atoms with E-state index >= 15 is 0 Å². The summed E-state index contributed by atoms with van der Waals surface area (Å²) in [6.45, 7) is 16.6. The van der Waals surface area contributed by atoms with Gasteiger partial charge in [-0.25, -0.2) is 9.59 Å². The summed E-state index contributed by atoms with van der Waals surface area (Å²) in [5.41, 5.74) is 0.609. The van der Waals surface area contributed by atoms with Crippen molar-refractivity contribution in [3.8, 4) is 0 Å². The predicted octanol–water partition coefficient (Wildman–Crippen LogP) is 3.66. The van der Waals surface area contributed by atoms with Gasteiger partial charge in [-0.1, -0.05) is 13.2 Å². The van der Waals surface area contributed by atoms with E-state index < -0.39 is 20.3 Å². The molecule has 0 aromatic rings. The number of hydrogen-bond donors (Lipinski definition) is 1. The summed E-state index contributed by atoms with van der Waals surface area (Å²) in [5, 5.41) is 12.5. The normalized spacial score (nSPS) is 8.55. The number of carboxylic acids is 1. The number of rotatable bonds is 5. The molecule has 0 aromatic heterocycles. The third kappa shape index (κ3) is 19.3. The van der Waals surface area contributed by atoms with Gasteiger partial charge in [-0.15, -0.1) is 0 Å². The Morgan fingerprint density at radius 3 is 1.30 bits per heavy atom. The fourth-order valence-corrected chi connectivity index (χ4v) is 4.67. The first-order valence-corrected chi connectivity index (χ1v) is 11.9. The van der Waals surface area contributed by atoms with Crippen molar-refractivity contribution in [3.05, 3.63) is 24.3 Å². The summed E-state index contributed by atoms with van der Waals surface area (Å²) in [6.07, 6.45) is 0. The van der Waals surface area contributed by atoms with Gasteiger partial charge in [-0.3, -0.25) is 0 Å². The number of carbonyl (C=O) groups excluding carboxylic acids is 1. The maximum absolute atomic E-state index is 10.2. The Morgan fingerprint density at radius 2 is 1.30 bits per heavy atom. The quantitative estimate of drug-likeness (QED) is 0.468. The molecule has 0 heterocycles. The molecule has 0 bridgehead atoms. The molecule has 0 rings (SSSR count). The molecule has 4 nitrogen and oxygen atoms in total. The summed E-state index contributed by atoms with van der Waals surface area (Å²) >= 11 is -0.576. The van der Waals surface area contributed by atoms with Crippen molar-refractivity contribution in [2.45, 2.75) is 50.4 Å². The molecule has 20 heavy (non-hydrogen) atoms. The molecule has 0 aliphatic heterocycles. The van der Waals surface area contributed by atoms with E-state index in [2.05, 4.69) is 38.7 Å². The van der Waals surface area contributed by atoms with Gasteiger partial charge in [0.05, 0.1) is 7.11 Å². The first-order chi connectivity index (χ1) is 9.17. The molecule has 0 amide bonds. The fourth-order valence-electron chi connectivity index (χ4n) is 1.04. The molecular formula is C15H30GeO4. The van der Waals surface area contributed by atoms with Crippen LogP contribution in [0.2, 0.25) is 15.8 Å². The van der Waals surface area contributed by atoms with E-state index in [1.165, 1.54) is 14.0 Å². The van der Waals surface area contributed by atoms with E-state index in [9.17, 15) is 9.59 Å². The van der Waals surface area contributed by atoms with Gasteiger partial charge in [0, 0.05) is 11.1 Å². The Balaban J connectivity index is -0.000000218. The average molecular weight is 347 g/mol. The second-order valence-corrected chi connectivity index (χ2v) is 13.2. The number of aliphatic carboxylic acids is 1. The average Bonchev–Trinajstić information content (AvgIpc) is 2.41. The van der Waals surface area contributed by atoms with Gasteiger partial charge < -0.3 is 9.84 Å². The van der Waals surface area contributed by atoms with Gasteiger partial charge in [-0.2, -0.15) is 0 Å². The van der Waals surface area contributed by atoms with Crippen LogP contribution in [0.25, 0.3) is 0 Å². The standard InChI is InChI=1S/C6H16Ge.C5H8O2.C4H6O2/c1-4-7(5-2)6-3;1-4(2)5(6)7-3;1-3(2)4(5)6/h7H,4-6H2,1-3H3;1H2,2-3H3;1H2,2H3,(H,5,6). The summed E-state index contributed by atoms with van der Waals surface area (Å²) in [6, 6.07) is 0. The van der Waals surface area contributed by atoms with E-state index in [0.717, 1.165) is 0 Å². The monoisotopic (exact) mass is 348 g/mol. The number of ether oxygens (including phenoxy) is 1. The molecule has 0 unspecified atom stereocenters. The minimum atomic E-state index is -0.935. The van der Waals surface area contributed by atoms with Crippen LogP contribution >= 0.6 is 0 Å². The molecule has 0 aromatic carbocycles. The topological polar surface area (TPSA) is 63.6 Å². The van der Waals surface area contributed by atoms with E-state index in [4.69, 9.17) is 5.11 Å². The molecule has 0 saturated heterocycles. The van der Waals surface area contributed by atoms with Crippen molar-refractivity contribution in [2.75, 3.05) is 7.11 Å². The van der Waals surface area contributed by atoms with Crippen molar-refractivity contribution >= 4 is 26.3 Å². The van der Waals surface area contributed by atoms with Gasteiger partial charge in [0.1, 0.15) is 0 Å². The molecule has 0 saturated carbocycles. The molecule has 0 fully saturated rings. The van der Waals surface area contributed by atoms with Gasteiger partial charge in [0.15, 0.2) is 0 Å². The minimum absolute atomic E-state index is 0.176. The third-order valence-electron chi connectivity index (χ3n) is 2.63. The summed E-state index contributed by atoms with van der Waals surface area (Å²) in [4.78, 5) is 19.8. The fraction of sp³-hybridized carbons (Fsp3) is 0.600. The van der Waals surface area contributed by atoms with Crippen LogP contribution in [0.3, 0.4) is 0 Å².